The highest BCUT2D eigenvalue weighted by Crippen LogP contribution is 2.23. The van der Waals surface area contributed by atoms with E-state index in [1.165, 1.54) is 28.7 Å². The van der Waals surface area contributed by atoms with Crippen LogP contribution in [0.4, 0.5) is 4.39 Å². The van der Waals surface area contributed by atoms with E-state index in [9.17, 15) is 9.18 Å². The van der Waals surface area contributed by atoms with Crippen LogP contribution in [0.25, 0.3) is 10.2 Å². The Labute approximate surface area is 139 Å². The molecule has 0 saturated heterocycles. The van der Waals surface area contributed by atoms with Gasteiger partial charge in [-0.2, -0.15) is 4.99 Å². The molecule has 3 rings (SSSR count). The lowest BCUT2D eigenvalue weighted by Gasteiger charge is -2.03. The monoisotopic (exact) mass is 354 g/mol. The number of carbonyl (C=O) groups is 1. The number of thiazole rings is 1. The summed E-state index contributed by atoms with van der Waals surface area (Å²) in [5.41, 5.74) is 0.505. The summed E-state index contributed by atoms with van der Waals surface area (Å²) in [6, 6.07) is 8.23. The summed E-state index contributed by atoms with van der Waals surface area (Å²) >= 11 is 8.35. The van der Waals surface area contributed by atoms with Crippen LogP contribution < -0.4 is 4.80 Å². The molecule has 0 atom stereocenters. The average molecular weight is 355 g/mol. The quantitative estimate of drug-likeness (QED) is 0.670. The van der Waals surface area contributed by atoms with E-state index in [1.807, 2.05) is 13.0 Å². The van der Waals surface area contributed by atoms with E-state index in [0.29, 0.717) is 26.1 Å². The van der Waals surface area contributed by atoms with E-state index in [4.69, 9.17) is 11.6 Å². The van der Waals surface area contributed by atoms with Crippen molar-refractivity contribution in [3.05, 3.63) is 50.2 Å². The number of hydrogen-bond acceptors (Lipinski definition) is 3. The zero-order valence-electron chi connectivity index (χ0n) is 11.7. The van der Waals surface area contributed by atoms with Gasteiger partial charge in [0, 0.05) is 6.54 Å². The Morgan fingerprint density at radius 3 is 2.82 bits per heavy atom. The third kappa shape index (κ3) is 2.86. The van der Waals surface area contributed by atoms with Crippen molar-refractivity contribution in [2.75, 3.05) is 0 Å². The Morgan fingerprint density at radius 2 is 2.14 bits per heavy atom. The minimum Gasteiger partial charge on any atom is -0.314 e. The average Bonchev–Trinajstić information content (AvgIpc) is 3.05. The number of thiophene rings is 1. The molecule has 0 radical (unpaired) electrons. The molecule has 114 valence electrons. The summed E-state index contributed by atoms with van der Waals surface area (Å²) in [6.45, 7) is 2.61. The third-order valence-electron chi connectivity index (χ3n) is 3.08. The van der Waals surface area contributed by atoms with E-state index in [2.05, 4.69) is 4.99 Å². The highest BCUT2D eigenvalue weighted by Gasteiger charge is 2.12. The highest BCUT2D eigenvalue weighted by molar-refractivity contribution is 7.18. The van der Waals surface area contributed by atoms with Gasteiger partial charge in [-0.1, -0.05) is 35.9 Å². The number of carbonyl (C=O) groups excluding carboxylic acids is 1. The van der Waals surface area contributed by atoms with E-state index < -0.39 is 0 Å². The second-order valence-corrected chi connectivity index (χ2v) is 7.37. The van der Waals surface area contributed by atoms with E-state index in [-0.39, 0.29) is 11.7 Å². The molecule has 0 unspecified atom stereocenters. The molecule has 22 heavy (non-hydrogen) atoms. The Balaban J connectivity index is 2.17. The fourth-order valence-electron chi connectivity index (χ4n) is 2.17. The van der Waals surface area contributed by atoms with Crippen molar-refractivity contribution < 1.29 is 9.18 Å². The SMILES string of the molecule is CCCn1c(=NC(=O)c2ccc(Cl)s2)sc2cccc(F)c21. The van der Waals surface area contributed by atoms with Crippen molar-refractivity contribution in [2.24, 2.45) is 4.99 Å². The van der Waals surface area contributed by atoms with Gasteiger partial charge in [0.25, 0.3) is 5.91 Å². The maximum Gasteiger partial charge on any atom is 0.289 e. The lowest BCUT2D eigenvalue weighted by molar-refractivity contribution is 0.100. The number of nitrogens with zero attached hydrogens (tertiary/aromatic N) is 2. The zero-order chi connectivity index (χ0) is 15.7. The minimum absolute atomic E-state index is 0.296. The molecule has 2 heterocycles. The standard InChI is InChI=1S/C15H12ClFN2OS2/c1-2-8-19-13-9(17)4-3-5-10(13)22-15(19)18-14(20)11-6-7-12(16)21-11/h3-7H,2,8H2,1H3. The van der Waals surface area contributed by atoms with E-state index in [0.717, 1.165) is 11.1 Å². The van der Waals surface area contributed by atoms with Crippen LogP contribution in [0.1, 0.15) is 23.0 Å². The molecule has 3 nitrogen and oxygen atoms in total. The zero-order valence-corrected chi connectivity index (χ0v) is 14.1. The first kappa shape index (κ1) is 15.4. The van der Waals surface area contributed by atoms with Crippen LogP contribution in [0.15, 0.2) is 35.3 Å². The van der Waals surface area contributed by atoms with Crippen LogP contribution in [0.2, 0.25) is 4.34 Å². The predicted octanol–water partition coefficient (Wildman–Crippen LogP) is 4.71. The van der Waals surface area contributed by atoms with Gasteiger partial charge in [-0.3, -0.25) is 4.79 Å². The van der Waals surface area contributed by atoms with Crippen molar-refractivity contribution in [1.82, 2.24) is 4.57 Å². The maximum absolute atomic E-state index is 14.1. The van der Waals surface area contributed by atoms with Crippen LogP contribution in [0, 0.1) is 5.82 Å². The number of halogens is 2. The largest absolute Gasteiger partial charge is 0.314 e. The van der Waals surface area contributed by atoms with Gasteiger partial charge >= 0.3 is 0 Å². The van der Waals surface area contributed by atoms with E-state index >= 15 is 0 Å². The molecule has 0 saturated carbocycles. The number of rotatable bonds is 3. The van der Waals surface area contributed by atoms with Gasteiger partial charge in [0.2, 0.25) is 0 Å². The molecule has 0 aliphatic rings. The lowest BCUT2D eigenvalue weighted by Crippen LogP contribution is -2.17. The molecule has 1 amide bonds. The molecule has 0 spiro atoms. The number of hydrogen-bond donors (Lipinski definition) is 0. The predicted molar refractivity (Wildman–Crippen MR) is 89.3 cm³/mol. The first-order valence-corrected chi connectivity index (χ1v) is 8.73. The second-order valence-electron chi connectivity index (χ2n) is 4.64. The highest BCUT2D eigenvalue weighted by atomic mass is 35.5. The Hall–Kier alpha value is -1.50. The number of para-hydroxylation sites is 1. The lowest BCUT2D eigenvalue weighted by atomic mass is 10.3. The second kappa shape index (κ2) is 6.32. The molecule has 7 heteroatoms. The summed E-state index contributed by atoms with van der Waals surface area (Å²) in [7, 11) is 0. The maximum atomic E-state index is 14.1. The van der Waals surface area contributed by atoms with Crippen molar-refractivity contribution >= 4 is 50.4 Å². The van der Waals surface area contributed by atoms with Gasteiger partial charge in [-0.25, -0.2) is 4.39 Å². The van der Waals surface area contributed by atoms with Crippen LogP contribution in [0.3, 0.4) is 0 Å². The van der Waals surface area contributed by atoms with Crippen molar-refractivity contribution in [1.29, 1.82) is 0 Å². The molecule has 0 N–H and O–H groups in total. The minimum atomic E-state index is -0.353. The van der Waals surface area contributed by atoms with Gasteiger partial charge in [0.15, 0.2) is 4.80 Å². The first-order chi connectivity index (χ1) is 10.6. The van der Waals surface area contributed by atoms with Gasteiger partial charge in [0.05, 0.1) is 19.4 Å². The van der Waals surface area contributed by atoms with Crippen molar-refractivity contribution in [3.8, 4) is 0 Å². The first-order valence-electron chi connectivity index (χ1n) is 6.72. The van der Waals surface area contributed by atoms with Gasteiger partial charge in [-0.15, -0.1) is 11.3 Å². The molecule has 0 aliphatic carbocycles. The van der Waals surface area contributed by atoms with Gasteiger partial charge < -0.3 is 4.57 Å². The number of benzene rings is 1. The van der Waals surface area contributed by atoms with Crippen LogP contribution in [-0.4, -0.2) is 10.5 Å². The molecule has 3 aromatic rings. The summed E-state index contributed by atoms with van der Waals surface area (Å²) in [5.74, 6) is -0.649. The summed E-state index contributed by atoms with van der Waals surface area (Å²) in [4.78, 5) is 17.4. The van der Waals surface area contributed by atoms with Crippen LogP contribution in [0.5, 0.6) is 0 Å². The molecular weight excluding hydrogens is 343 g/mol. The smallest absolute Gasteiger partial charge is 0.289 e. The Kier molecular flexibility index (Phi) is 4.42. The molecule has 0 bridgehead atoms. The summed E-state index contributed by atoms with van der Waals surface area (Å²) in [5, 5.41) is 0. The Bertz CT molecular complexity index is 910. The fourth-order valence-corrected chi connectivity index (χ4v) is 4.17. The summed E-state index contributed by atoms with van der Waals surface area (Å²) < 4.78 is 17.2. The third-order valence-corrected chi connectivity index (χ3v) is 5.34. The van der Waals surface area contributed by atoms with Gasteiger partial charge in [-0.05, 0) is 30.7 Å². The van der Waals surface area contributed by atoms with Gasteiger partial charge in [0.1, 0.15) is 5.82 Å². The fraction of sp³-hybridized carbons (Fsp3) is 0.200. The van der Waals surface area contributed by atoms with Crippen molar-refractivity contribution in [2.45, 2.75) is 19.9 Å². The number of fused-ring (bicyclic) bond motifs is 1. The molecule has 1 aromatic carbocycles. The number of aromatic nitrogens is 1. The topological polar surface area (TPSA) is 34.4 Å². The van der Waals surface area contributed by atoms with Crippen LogP contribution >= 0.6 is 34.3 Å². The summed E-state index contributed by atoms with van der Waals surface area (Å²) in [6.07, 6.45) is 0.826. The molecule has 2 aromatic heterocycles. The van der Waals surface area contributed by atoms with E-state index in [1.54, 1.807) is 22.8 Å². The van der Waals surface area contributed by atoms with Crippen molar-refractivity contribution in [3.63, 3.8) is 0 Å². The van der Waals surface area contributed by atoms with Crippen LogP contribution in [-0.2, 0) is 6.54 Å². The molecular formula is C15H12ClFN2OS2. The normalized spacial score (nSPS) is 12.2. The molecule has 0 fully saturated rings. The molecule has 0 aliphatic heterocycles. The Morgan fingerprint density at radius 1 is 1.32 bits per heavy atom. The number of amides is 1. The number of aryl methyl sites for hydroxylation is 1.